The van der Waals surface area contributed by atoms with Crippen molar-refractivity contribution in [1.82, 2.24) is 20.9 Å². The third-order valence-corrected chi connectivity index (χ3v) is 7.42. The number of carbonyl (C=O) groups is 3. The van der Waals surface area contributed by atoms with Crippen molar-refractivity contribution in [2.75, 3.05) is 19.6 Å². The zero-order valence-electron chi connectivity index (χ0n) is 18.5. The van der Waals surface area contributed by atoms with Gasteiger partial charge < -0.3 is 20.3 Å². The number of fused-ring (bicyclic) bond motifs is 1. The molecule has 4 aliphatic heterocycles. The van der Waals surface area contributed by atoms with E-state index in [-0.39, 0.29) is 35.8 Å². The summed E-state index contributed by atoms with van der Waals surface area (Å²) >= 11 is 0. The molecule has 4 aliphatic rings. The molecule has 0 bridgehead atoms. The molecule has 3 saturated heterocycles. The van der Waals surface area contributed by atoms with E-state index >= 15 is 0 Å². The van der Waals surface area contributed by atoms with Gasteiger partial charge in [0, 0.05) is 31.6 Å². The van der Waals surface area contributed by atoms with Gasteiger partial charge >= 0.3 is 0 Å². The first-order valence-electron chi connectivity index (χ1n) is 11.9. The first-order chi connectivity index (χ1) is 15.5. The molecule has 4 heterocycles. The topological polar surface area (TPSA) is 99.8 Å². The summed E-state index contributed by atoms with van der Waals surface area (Å²) in [6, 6.07) is 5.32. The van der Waals surface area contributed by atoms with Crippen LogP contribution >= 0.6 is 0 Å². The minimum atomic E-state index is -0.578. The van der Waals surface area contributed by atoms with Gasteiger partial charge in [0.15, 0.2) is 0 Å². The minimum absolute atomic E-state index is 0.0439. The van der Waals surface area contributed by atoms with Crippen molar-refractivity contribution < 1.29 is 19.1 Å². The third-order valence-electron chi connectivity index (χ3n) is 7.42. The lowest BCUT2D eigenvalue weighted by molar-refractivity contribution is -0.140. The van der Waals surface area contributed by atoms with Gasteiger partial charge in [0.2, 0.25) is 11.8 Å². The highest BCUT2D eigenvalue weighted by molar-refractivity contribution is 6.05. The minimum Gasteiger partial charge on any atom is -0.370 e. The summed E-state index contributed by atoms with van der Waals surface area (Å²) in [6.07, 6.45) is 6.44. The molecular weight excluding hydrogens is 408 g/mol. The first-order valence-corrected chi connectivity index (χ1v) is 11.9. The molecule has 3 amide bonds. The van der Waals surface area contributed by atoms with Gasteiger partial charge in [0.25, 0.3) is 5.91 Å². The highest BCUT2D eigenvalue weighted by atomic mass is 16.5. The molecule has 2 unspecified atom stereocenters. The summed E-state index contributed by atoms with van der Waals surface area (Å²) in [5.74, 6) is -0.755. The zero-order valence-corrected chi connectivity index (χ0v) is 18.5. The van der Waals surface area contributed by atoms with Crippen LogP contribution in [-0.4, -0.2) is 60.0 Å². The van der Waals surface area contributed by atoms with Gasteiger partial charge in [-0.2, -0.15) is 0 Å². The van der Waals surface area contributed by atoms with Gasteiger partial charge in [-0.25, -0.2) is 0 Å². The van der Waals surface area contributed by atoms with E-state index in [1.807, 2.05) is 18.2 Å². The van der Waals surface area contributed by atoms with Gasteiger partial charge in [-0.05, 0) is 62.7 Å². The van der Waals surface area contributed by atoms with Crippen molar-refractivity contribution in [1.29, 1.82) is 0 Å². The maximum Gasteiger partial charge on any atom is 0.255 e. The Morgan fingerprint density at radius 1 is 1.12 bits per heavy atom. The van der Waals surface area contributed by atoms with Gasteiger partial charge in [-0.15, -0.1) is 0 Å². The van der Waals surface area contributed by atoms with E-state index in [2.05, 4.69) is 16.0 Å². The summed E-state index contributed by atoms with van der Waals surface area (Å²) in [5, 5.41) is 9.30. The standard InChI is InChI=1S/C24H32N4O4/c29-20-7-6-19(22(30)27-20)28-15-17-4-1-3-16(21(17)23(28)31)13-26-14-18-5-2-8-24(32-18)9-11-25-12-10-24/h1,3-4,18-19,25-26H,2,5-15H2,(H,27,29,30). The SMILES string of the molecule is O=C1CCC(N2Cc3cccc(CNCC4CCCC5(CCNCC5)O4)c3C2=O)C(=O)N1. The number of nitrogens with zero attached hydrogens (tertiary/aromatic N) is 1. The average Bonchev–Trinajstić information content (AvgIpc) is 3.11. The van der Waals surface area contributed by atoms with Crippen LogP contribution in [-0.2, 0) is 27.4 Å². The smallest absolute Gasteiger partial charge is 0.255 e. The van der Waals surface area contributed by atoms with Crippen LogP contribution in [0.4, 0.5) is 0 Å². The van der Waals surface area contributed by atoms with E-state index in [0.717, 1.165) is 56.4 Å². The Hall–Kier alpha value is -2.29. The molecule has 1 spiro atoms. The molecule has 8 heteroatoms. The van der Waals surface area contributed by atoms with E-state index in [1.165, 1.54) is 6.42 Å². The molecule has 1 aromatic rings. The van der Waals surface area contributed by atoms with Crippen LogP contribution in [0, 0.1) is 0 Å². The molecule has 0 aromatic heterocycles. The second kappa shape index (κ2) is 8.92. The Kier molecular flexibility index (Phi) is 6.01. The van der Waals surface area contributed by atoms with E-state index in [1.54, 1.807) is 4.90 Å². The number of carbonyl (C=O) groups excluding carboxylic acids is 3. The molecule has 32 heavy (non-hydrogen) atoms. The number of hydrogen-bond acceptors (Lipinski definition) is 6. The van der Waals surface area contributed by atoms with Crippen molar-refractivity contribution in [3.05, 3.63) is 34.9 Å². The predicted octanol–water partition coefficient (Wildman–Crippen LogP) is 1.23. The normalized spacial score (nSPS) is 27.5. The fraction of sp³-hybridized carbons (Fsp3) is 0.625. The summed E-state index contributed by atoms with van der Waals surface area (Å²) in [6.45, 7) is 3.83. The lowest BCUT2D eigenvalue weighted by Gasteiger charge is -2.44. The highest BCUT2D eigenvalue weighted by Gasteiger charge is 2.40. The molecule has 8 nitrogen and oxygen atoms in total. The second-order valence-corrected chi connectivity index (χ2v) is 9.55. The first kappa shape index (κ1) is 21.6. The Labute approximate surface area is 188 Å². The molecular formula is C24H32N4O4. The summed E-state index contributed by atoms with van der Waals surface area (Å²) in [5.41, 5.74) is 2.64. The fourth-order valence-electron chi connectivity index (χ4n) is 5.72. The molecule has 1 aromatic carbocycles. The van der Waals surface area contributed by atoms with Crippen molar-refractivity contribution in [3.63, 3.8) is 0 Å². The number of rotatable bonds is 5. The van der Waals surface area contributed by atoms with Crippen LogP contribution in [0.25, 0.3) is 0 Å². The van der Waals surface area contributed by atoms with Gasteiger partial charge in [-0.1, -0.05) is 18.2 Å². The Bertz CT molecular complexity index is 906. The molecule has 0 aliphatic carbocycles. The van der Waals surface area contributed by atoms with Gasteiger partial charge in [-0.3, -0.25) is 19.7 Å². The lowest BCUT2D eigenvalue weighted by atomic mass is 9.84. The predicted molar refractivity (Wildman–Crippen MR) is 118 cm³/mol. The van der Waals surface area contributed by atoms with Crippen molar-refractivity contribution in [2.24, 2.45) is 0 Å². The van der Waals surface area contributed by atoms with E-state index in [0.29, 0.717) is 25.1 Å². The van der Waals surface area contributed by atoms with E-state index in [4.69, 9.17) is 4.74 Å². The van der Waals surface area contributed by atoms with Crippen LogP contribution in [0.2, 0.25) is 0 Å². The molecule has 5 rings (SSSR count). The van der Waals surface area contributed by atoms with Crippen LogP contribution in [0.5, 0.6) is 0 Å². The lowest BCUT2D eigenvalue weighted by Crippen LogP contribution is -2.52. The quantitative estimate of drug-likeness (QED) is 0.596. The maximum absolute atomic E-state index is 13.2. The highest BCUT2D eigenvalue weighted by Crippen LogP contribution is 2.35. The fourth-order valence-corrected chi connectivity index (χ4v) is 5.72. The van der Waals surface area contributed by atoms with Crippen molar-refractivity contribution in [3.8, 4) is 0 Å². The van der Waals surface area contributed by atoms with Gasteiger partial charge in [0.05, 0.1) is 11.7 Å². The number of hydrogen-bond donors (Lipinski definition) is 3. The summed E-state index contributed by atoms with van der Waals surface area (Å²) in [7, 11) is 0. The van der Waals surface area contributed by atoms with Gasteiger partial charge in [0.1, 0.15) is 6.04 Å². The van der Waals surface area contributed by atoms with E-state index < -0.39 is 6.04 Å². The number of amides is 3. The molecule has 0 radical (unpaired) electrons. The molecule has 172 valence electrons. The third kappa shape index (κ3) is 4.19. The van der Waals surface area contributed by atoms with Crippen LogP contribution in [0.3, 0.4) is 0 Å². The second-order valence-electron chi connectivity index (χ2n) is 9.55. The van der Waals surface area contributed by atoms with Crippen LogP contribution < -0.4 is 16.0 Å². The molecule has 2 atom stereocenters. The molecule has 3 fully saturated rings. The average molecular weight is 441 g/mol. The monoisotopic (exact) mass is 440 g/mol. The number of nitrogens with one attached hydrogen (secondary N) is 3. The largest absolute Gasteiger partial charge is 0.370 e. The van der Waals surface area contributed by atoms with Crippen LogP contribution in [0.15, 0.2) is 18.2 Å². The summed E-state index contributed by atoms with van der Waals surface area (Å²) in [4.78, 5) is 38.6. The van der Waals surface area contributed by atoms with E-state index in [9.17, 15) is 14.4 Å². The Morgan fingerprint density at radius 2 is 1.97 bits per heavy atom. The summed E-state index contributed by atoms with van der Waals surface area (Å²) < 4.78 is 6.53. The molecule has 0 saturated carbocycles. The van der Waals surface area contributed by atoms with Crippen molar-refractivity contribution >= 4 is 17.7 Å². The van der Waals surface area contributed by atoms with Crippen LogP contribution in [0.1, 0.15) is 66.4 Å². The number of ether oxygens (including phenoxy) is 1. The number of benzene rings is 1. The number of imide groups is 1. The Balaban J connectivity index is 1.21. The number of piperidine rings is 2. The van der Waals surface area contributed by atoms with Crippen molar-refractivity contribution in [2.45, 2.75) is 75.8 Å². The Morgan fingerprint density at radius 3 is 2.78 bits per heavy atom. The maximum atomic E-state index is 13.2. The zero-order chi connectivity index (χ0) is 22.1. The molecule has 3 N–H and O–H groups in total.